The van der Waals surface area contributed by atoms with Gasteiger partial charge in [0.15, 0.2) is 0 Å². The first-order valence-corrected chi connectivity index (χ1v) is 11.2. The lowest BCUT2D eigenvalue weighted by molar-refractivity contribution is -0.163. The Morgan fingerprint density at radius 1 is 1.17 bits per heavy atom. The molecule has 2 aliphatic carbocycles. The second-order valence-electron chi connectivity index (χ2n) is 10.5. The zero-order valence-corrected chi connectivity index (χ0v) is 17.9. The molecule has 2 aromatic rings. The summed E-state index contributed by atoms with van der Waals surface area (Å²) >= 11 is 0. The minimum atomic E-state index is -0.621. The first-order chi connectivity index (χ1) is 13.8. The number of nitrogens with zero attached hydrogens (tertiary/aromatic N) is 3. The van der Waals surface area contributed by atoms with Gasteiger partial charge < -0.3 is 14.6 Å². The van der Waals surface area contributed by atoms with Crippen molar-refractivity contribution in [2.45, 2.75) is 76.9 Å². The molecule has 5 nitrogen and oxygen atoms in total. The van der Waals surface area contributed by atoms with Crippen LogP contribution in [0.2, 0.25) is 0 Å². The van der Waals surface area contributed by atoms with Crippen molar-refractivity contribution in [3.8, 4) is 0 Å². The fourth-order valence-corrected chi connectivity index (χ4v) is 5.88. The number of aromatic nitrogens is 2. The standard InChI is InChI=1S/C24H33N3O2/c1-16(2)27-11-8-18-4-5-20(25-21(18)27)17-6-9-24(10-7-17)14-26(15-24)22(28)19-12-23(3,29)13-19/h4-5,8,11,16-17,19,29H,6-7,9-10,12-15H2,1-3H3/t19-,23+. The second-order valence-corrected chi connectivity index (χ2v) is 10.5. The second kappa shape index (κ2) is 6.56. The van der Waals surface area contributed by atoms with Crippen molar-refractivity contribution >= 4 is 16.9 Å². The van der Waals surface area contributed by atoms with Gasteiger partial charge in [0.05, 0.1) is 5.60 Å². The van der Waals surface area contributed by atoms with Crippen molar-refractivity contribution in [1.82, 2.24) is 14.5 Å². The maximum absolute atomic E-state index is 12.6. The average molecular weight is 396 g/mol. The van der Waals surface area contributed by atoms with Crippen LogP contribution in [0.3, 0.4) is 0 Å². The fraction of sp³-hybridized carbons (Fsp3) is 0.667. The monoisotopic (exact) mass is 395 g/mol. The summed E-state index contributed by atoms with van der Waals surface area (Å²) in [6.07, 6.45) is 8.11. The van der Waals surface area contributed by atoms with Crippen LogP contribution >= 0.6 is 0 Å². The van der Waals surface area contributed by atoms with Gasteiger partial charge in [0.1, 0.15) is 5.65 Å². The van der Waals surface area contributed by atoms with E-state index in [1.165, 1.54) is 36.8 Å². The van der Waals surface area contributed by atoms with E-state index in [1.54, 1.807) is 0 Å². The highest BCUT2D eigenvalue weighted by Gasteiger charge is 2.51. The smallest absolute Gasteiger partial charge is 0.225 e. The van der Waals surface area contributed by atoms with Crippen molar-refractivity contribution < 1.29 is 9.90 Å². The summed E-state index contributed by atoms with van der Waals surface area (Å²) in [5.74, 6) is 0.852. The maximum Gasteiger partial charge on any atom is 0.225 e. The average Bonchev–Trinajstić information content (AvgIpc) is 3.07. The van der Waals surface area contributed by atoms with Crippen molar-refractivity contribution in [2.24, 2.45) is 11.3 Å². The Labute approximate surface area is 173 Å². The van der Waals surface area contributed by atoms with E-state index in [-0.39, 0.29) is 11.8 Å². The van der Waals surface area contributed by atoms with Crippen LogP contribution in [0.25, 0.3) is 11.0 Å². The summed E-state index contributed by atoms with van der Waals surface area (Å²) < 4.78 is 2.26. The number of pyridine rings is 1. The van der Waals surface area contributed by atoms with Gasteiger partial charge in [-0.25, -0.2) is 4.98 Å². The van der Waals surface area contributed by atoms with Gasteiger partial charge in [0.2, 0.25) is 5.91 Å². The number of amides is 1. The quantitative estimate of drug-likeness (QED) is 0.845. The number of hydrogen-bond acceptors (Lipinski definition) is 3. The van der Waals surface area contributed by atoms with E-state index in [1.807, 2.05) is 11.8 Å². The molecule has 29 heavy (non-hydrogen) atoms. The van der Waals surface area contributed by atoms with E-state index in [9.17, 15) is 9.90 Å². The zero-order valence-electron chi connectivity index (χ0n) is 17.9. The highest BCUT2D eigenvalue weighted by Crippen LogP contribution is 2.49. The van der Waals surface area contributed by atoms with E-state index in [0.717, 1.165) is 18.7 Å². The highest BCUT2D eigenvalue weighted by atomic mass is 16.3. The van der Waals surface area contributed by atoms with E-state index in [4.69, 9.17) is 4.98 Å². The third kappa shape index (κ3) is 3.27. The third-order valence-corrected chi connectivity index (χ3v) is 7.69. The molecule has 0 unspecified atom stereocenters. The lowest BCUT2D eigenvalue weighted by atomic mass is 9.64. The summed E-state index contributed by atoms with van der Waals surface area (Å²) in [6, 6.07) is 7.01. The Morgan fingerprint density at radius 3 is 2.48 bits per heavy atom. The molecule has 2 saturated carbocycles. The van der Waals surface area contributed by atoms with E-state index in [0.29, 0.717) is 30.2 Å². The minimum Gasteiger partial charge on any atom is -0.390 e. The molecule has 1 aliphatic heterocycles. The van der Waals surface area contributed by atoms with Gasteiger partial charge in [0, 0.05) is 53.7 Å². The Kier molecular flexibility index (Phi) is 4.32. The number of fused-ring (bicyclic) bond motifs is 1. The summed E-state index contributed by atoms with van der Waals surface area (Å²) in [7, 11) is 0. The fourth-order valence-electron chi connectivity index (χ4n) is 5.88. The first kappa shape index (κ1) is 19.1. The minimum absolute atomic E-state index is 0.0480. The largest absolute Gasteiger partial charge is 0.390 e. The van der Waals surface area contributed by atoms with E-state index in [2.05, 4.69) is 42.8 Å². The summed E-state index contributed by atoms with van der Waals surface area (Å²) in [5.41, 5.74) is 2.05. The third-order valence-electron chi connectivity index (χ3n) is 7.69. The van der Waals surface area contributed by atoms with Gasteiger partial charge in [0.25, 0.3) is 0 Å². The maximum atomic E-state index is 12.6. The van der Waals surface area contributed by atoms with Crippen LogP contribution in [0.15, 0.2) is 24.4 Å². The Hall–Kier alpha value is -1.88. The molecular formula is C24H33N3O2. The summed E-state index contributed by atoms with van der Waals surface area (Å²) in [6.45, 7) is 8.07. The molecule has 0 atom stereocenters. The predicted molar refractivity (Wildman–Crippen MR) is 114 cm³/mol. The number of carbonyl (C=O) groups excluding carboxylic acids is 1. The van der Waals surface area contributed by atoms with Gasteiger partial charge in [-0.3, -0.25) is 4.79 Å². The van der Waals surface area contributed by atoms with Crippen molar-refractivity contribution in [2.75, 3.05) is 13.1 Å². The van der Waals surface area contributed by atoms with Gasteiger partial charge >= 0.3 is 0 Å². The van der Waals surface area contributed by atoms with E-state index < -0.39 is 5.60 Å². The molecule has 1 saturated heterocycles. The molecule has 2 aromatic heterocycles. The summed E-state index contributed by atoms with van der Waals surface area (Å²) in [5, 5.41) is 11.1. The predicted octanol–water partition coefficient (Wildman–Crippen LogP) is 4.26. The molecule has 0 aromatic carbocycles. The van der Waals surface area contributed by atoms with Crippen molar-refractivity contribution in [3.05, 3.63) is 30.1 Å². The number of hydrogen-bond donors (Lipinski definition) is 1. The Balaban J connectivity index is 1.20. The van der Waals surface area contributed by atoms with Gasteiger partial charge in [-0.1, -0.05) is 0 Å². The Bertz CT molecular complexity index is 921. The van der Waals surface area contributed by atoms with Gasteiger partial charge in [-0.2, -0.15) is 0 Å². The molecule has 1 N–H and O–H groups in total. The highest BCUT2D eigenvalue weighted by molar-refractivity contribution is 5.81. The van der Waals surface area contributed by atoms with Crippen LogP contribution in [-0.4, -0.2) is 44.2 Å². The van der Waals surface area contributed by atoms with Crippen molar-refractivity contribution in [1.29, 1.82) is 0 Å². The molecule has 3 heterocycles. The lowest BCUT2D eigenvalue weighted by Gasteiger charge is -2.55. The number of likely N-dealkylation sites (tertiary alicyclic amines) is 1. The topological polar surface area (TPSA) is 58.4 Å². The van der Waals surface area contributed by atoms with E-state index >= 15 is 0 Å². The van der Waals surface area contributed by atoms with Crippen LogP contribution in [0.1, 0.15) is 76.9 Å². The molecule has 0 bridgehead atoms. The number of rotatable bonds is 3. The molecule has 1 amide bonds. The van der Waals surface area contributed by atoms with Crippen LogP contribution in [0.4, 0.5) is 0 Å². The summed E-state index contributed by atoms with van der Waals surface area (Å²) in [4.78, 5) is 19.7. The van der Waals surface area contributed by atoms with Crippen LogP contribution in [0, 0.1) is 11.3 Å². The molecular weight excluding hydrogens is 362 g/mol. The first-order valence-electron chi connectivity index (χ1n) is 11.2. The molecule has 5 heteroatoms. The van der Waals surface area contributed by atoms with Gasteiger partial charge in [-0.15, -0.1) is 0 Å². The van der Waals surface area contributed by atoms with Crippen molar-refractivity contribution in [3.63, 3.8) is 0 Å². The zero-order chi connectivity index (χ0) is 20.4. The molecule has 156 valence electrons. The molecule has 0 radical (unpaired) electrons. The van der Waals surface area contributed by atoms with Crippen LogP contribution < -0.4 is 0 Å². The van der Waals surface area contributed by atoms with Crippen LogP contribution in [-0.2, 0) is 4.79 Å². The van der Waals surface area contributed by atoms with Gasteiger partial charge in [-0.05, 0) is 77.5 Å². The molecule has 3 fully saturated rings. The lowest BCUT2D eigenvalue weighted by Crippen LogP contribution is -2.62. The number of carbonyl (C=O) groups is 1. The number of aliphatic hydroxyl groups is 1. The molecule has 3 aliphatic rings. The normalized spacial score (nSPS) is 29.3. The molecule has 5 rings (SSSR count). The van der Waals surface area contributed by atoms with Crippen LogP contribution in [0.5, 0.6) is 0 Å². The molecule has 1 spiro atoms. The Morgan fingerprint density at radius 2 is 1.86 bits per heavy atom. The SMILES string of the molecule is CC(C)n1ccc2ccc(C3CCC4(CC3)CN(C(=O)[C@H]3C[C@@](C)(O)C3)C4)nc21.